The molecule has 2 rings (SSSR count). The van der Waals surface area contributed by atoms with E-state index in [0.29, 0.717) is 11.8 Å². The lowest BCUT2D eigenvalue weighted by atomic mass is 9.96. The van der Waals surface area contributed by atoms with Gasteiger partial charge in [-0.05, 0) is 50.6 Å². The number of nitrogens with zero attached hydrogens (tertiary/aromatic N) is 1. The molecular weight excluding hydrogens is 212 g/mol. The summed E-state index contributed by atoms with van der Waals surface area (Å²) in [4.78, 5) is 13.9. The van der Waals surface area contributed by atoms with Crippen LogP contribution in [0.3, 0.4) is 0 Å². The van der Waals surface area contributed by atoms with Crippen LogP contribution in [0.2, 0.25) is 0 Å². The van der Waals surface area contributed by atoms with Crippen LogP contribution in [0.15, 0.2) is 0 Å². The van der Waals surface area contributed by atoms with Crippen molar-refractivity contribution < 1.29 is 4.79 Å². The Bertz CT molecular complexity index is 249. The van der Waals surface area contributed by atoms with E-state index in [1.165, 1.54) is 38.6 Å². The first-order valence-corrected chi connectivity index (χ1v) is 7.28. The molecule has 0 aliphatic carbocycles. The zero-order valence-corrected chi connectivity index (χ0v) is 11.1. The summed E-state index contributed by atoms with van der Waals surface area (Å²) in [6.07, 6.45) is 7.06. The van der Waals surface area contributed by atoms with Crippen LogP contribution in [0.25, 0.3) is 0 Å². The predicted octanol–water partition coefficient (Wildman–Crippen LogP) is 2.02. The van der Waals surface area contributed by atoms with Gasteiger partial charge < -0.3 is 10.2 Å². The highest BCUT2D eigenvalue weighted by atomic mass is 16.2. The number of amides is 1. The Morgan fingerprint density at radius 3 is 2.94 bits per heavy atom. The van der Waals surface area contributed by atoms with Gasteiger partial charge in [0.1, 0.15) is 0 Å². The van der Waals surface area contributed by atoms with Crippen LogP contribution < -0.4 is 5.32 Å². The van der Waals surface area contributed by atoms with Crippen molar-refractivity contribution >= 4 is 5.91 Å². The molecule has 2 unspecified atom stereocenters. The average molecular weight is 238 g/mol. The lowest BCUT2D eigenvalue weighted by molar-refractivity contribution is -0.127. The first-order valence-electron chi connectivity index (χ1n) is 7.28. The molecule has 2 aliphatic heterocycles. The molecule has 0 saturated carbocycles. The molecule has 2 fully saturated rings. The number of rotatable bonds is 5. The summed E-state index contributed by atoms with van der Waals surface area (Å²) < 4.78 is 0. The summed E-state index contributed by atoms with van der Waals surface area (Å²) >= 11 is 0. The molecule has 2 heterocycles. The first-order chi connectivity index (χ1) is 8.29. The highest BCUT2D eigenvalue weighted by molar-refractivity contribution is 5.78. The minimum Gasteiger partial charge on any atom is -0.342 e. The van der Waals surface area contributed by atoms with Gasteiger partial charge in [0.15, 0.2) is 0 Å². The van der Waals surface area contributed by atoms with Gasteiger partial charge in [0, 0.05) is 19.5 Å². The van der Waals surface area contributed by atoms with E-state index in [0.717, 1.165) is 32.0 Å². The second-order valence-corrected chi connectivity index (χ2v) is 5.70. The average Bonchev–Trinajstić information content (AvgIpc) is 2.69. The molecule has 0 spiro atoms. The molecule has 2 aliphatic rings. The fourth-order valence-corrected chi connectivity index (χ4v) is 3.18. The number of piperidine rings is 1. The van der Waals surface area contributed by atoms with Gasteiger partial charge in [-0.2, -0.15) is 0 Å². The Balaban J connectivity index is 1.69. The summed E-state index contributed by atoms with van der Waals surface area (Å²) in [5.74, 6) is 1.82. The van der Waals surface area contributed by atoms with Gasteiger partial charge in [-0.25, -0.2) is 0 Å². The Hall–Kier alpha value is -0.570. The topological polar surface area (TPSA) is 32.3 Å². The van der Waals surface area contributed by atoms with Gasteiger partial charge in [-0.3, -0.25) is 4.79 Å². The van der Waals surface area contributed by atoms with E-state index in [2.05, 4.69) is 17.1 Å². The van der Waals surface area contributed by atoms with Crippen LogP contribution in [-0.4, -0.2) is 37.0 Å². The van der Waals surface area contributed by atoms with Crippen LogP contribution in [0, 0.1) is 11.8 Å². The van der Waals surface area contributed by atoms with Crippen LogP contribution >= 0.6 is 0 Å². The third-order valence-electron chi connectivity index (χ3n) is 4.20. The number of likely N-dealkylation sites (tertiary alicyclic amines) is 1. The van der Waals surface area contributed by atoms with Gasteiger partial charge in [0.25, 0.3) is 0 Å². The molecule has 3 heteroatoms. The lowest BCUT2D eigenvalue weighted by Gasteiger charge is -2.25. The molecule has 0 aromatic carbocycles. The Kier molecular flexibility index (Phi) is 4.84. The normalized spacial score (nSPS) is 29.9. The highest BCUT2D eigenvalue weighted by Crippen LogP contribution is 2.23. The smallest absolute Gasteiger partial charge is 0.222 e. The van der Waals surface area contributed by atoms with Gasteiger partial charge in [0.05, 0.1) is 0 Å². The molecule has 0 aromatic heterocycles. The quantitative estimate of drug-likeness (QED) is 0.795. The number of nitrogens with one attached hydrogen (secondary N) is 1. The number of carbonyl (C=O) groups excluding carboxylic acids is 1. The van der Waals surface area contributed by atoms with Crippen LogP contribution in [-0.2, 0) is 4.79 Å². The zero-order chi connectivity index (χ0) is 12.1. The zero-order valence-electron chi connectivity index (χ0n) is 11.1. The standard InChI is InChI=1S/C14H26N2O/c1-2-4-13-9-14(17)16(11-13)8-6-12-5-3-7-15-10-12/h12-13,15H,2-11H2,1H3. The molecule has 0 bridgehead atoms. The van der Waals surface area contributed by atoms with Crippen molar-refractivity contribution in [1.82, 2.24) is 10.2 Å². The van der Waals surface area contributed by atoms with Gasteiger partial charge in [0.2, 0.25) is 5.91 Å². The Morgan fingerprint density at radius 2 is 2.24 bits per heavy atom. The second kappa shape index (κ2) is 6.39. The van der Waals surface area contributed by atoms with E-state index in [4.69, 9.17) is 0 Å². The van der Waals surface area contributed by atoms with Crippen molar-refractivity contribution in [3.63, 3.8) is 0 Å². The fraction of sp³-hybridized carbons (Fsp3) is 0.929. The van der Waals surface area contributed by atoms with Gasteiger partial charge in [-0.15, -0.1) is 0 Å². The number of hydrogen-bond donors (Lipinski definition) is 1. The fourth-order valence-electron chi connectivity index (χ4n) is 3.18. The van der Waals surface area contributed by atoms with E-state index >= 15 is 0 Å². The third-order valence-corrected chi connectivity index (χ3v) is 4.20. The van der Waals surface area contributed by atoms with E-state index in [9.17, 15) is 4.79 Å². The van der Waals surface area contributed by atoms with Crippen molar-refractivity contribution in [2.45, 2.75) is 45.4 Å². The lowest BCUT2D eigenvalue weighted by Crippen LogP contribution is -2.33. The molecule has 2 atom stereocenters. The van der Waals surface area contributed by atoms with Gasteiger partial charge in [-0.1, -0.05) is 13.3 Å². The molecule has 17 heavy (non-hydrogen) atoms. The summed E-state index contributed by atoms with van der Waals surface area (Å²) in [5.41, 5.74) is 0. The van der Waals surface area contributed by atoms with Crippen molar-refractivity contribution in [3.05, 3.63) is 0 Å². The molecule has 0 radical (unpaired) electrons. The van der Waals surface area contributed by atoms with Crippen LogP contribution in [0.4, 0.5) is 0 Å². The SMILES string of the molecule is CCCC1CC(=O)N(CCC2CCCNC2)C1. The summed E-state index contributed by atoms with van der Waals surface area (Å²) in [5, 5.41) is 3.45. The van der Waals surface area contributed by atoms with E-state index in [1.807, 2.05) is 0 Å². The highest BCUT2D eigenvalue weighted by Gasteiger charge is 2.28. The monoisotopic (exact) mass is 238 g/mol. The van der Waals surface area contributed by atoms with E-state index in [-0.39, 0.29) is 0 Å². The molecule has 1 amide bonds. The first kappa shape index (κ1) is 12.9. The third kappa shape index (κ3) is 3.70. The molecule has 0 aromatic rings. The number of hydrogen-bond acceptors (Lipinski definition) is 2. The summed E-state index contributed by atoms with van der Waals surface area (Å²) in [6, 6.07) is 0. The summed E-state index contributed by atoms with van der Waals surface area (Å²) in [6.45, 7) is 6.55. The Morgan fingerprint density at radius 1 is 1.35 bits per heavy atom. The van der Waals surface area contributed by atoms with E-state index in [1.54, 1.807) is 0 Å². The second-order valence-electron chi connectivity index (χ2n) is 5.70. The van der Waals surface area contributed by atoms with Gasteiger partial charge >= 0.3 is 0 Å². The maximum atomic E-state index is 11.8. The predicted molar refractivity (Wildman–Crippen MR) is 69.8 cm³/mol. The van der Waals surface area contributed by atoms with Crippen LogP contribution in [0.5, 0.6) is 0 Å². The largest absolute Gasteiger partial charge is 0.342 e. The number of carbonyl (C=O) groups is 1. The molecule has 1 N–H and O–H groups in total. The van der Waals surface area contributed by atoms with Crippen LogP contribution in [0.1, 0.15) is 45.4 Å². The minimum atomic E-state index is 0.396. The summed E-state index contributed by atoms with van der Waals surface area (Å²) in [7, 11) is 0. The maximum absolute atomic E-state index is 11.8. The minimum absolute atomic E-state index is 0.396. The molecular formula is C14H26N2O. The molecule has 98 valence electrons. The molecule has 2 saturated heterocycles. The van der Waals surface area contributed by atoms with Crippen molar-refractivity contribution in [1.29, 1.82) is 0 Å². The van der Waals surface area contributed by atoms with Crippen molar-refractivity contribution in [3.8, 4) is 0 Å². The van der Waals surface area contributed by atoms with Crippen molar-refractivity contribution in [2.24, 2.45) is 11.8 Å². The van der Waals surface area contributed by atoms with Crippen molar-refractivity contribution in [2.75, 3.05) is 26.2 Å². The molecule has 3 nitrogen and oxygen atoms in total. The van der Waals surface area contributed by atoms with E-state index < -0.39 is 0 Å². The maximum Gasteiger partial charge on any atom is 0.222 e. The Labute approximate surface area is 105 Å².